The van der Waals surface area contributed by atoms with Gasteiger partial charge in [0.15, 0.2) is 0 Å². The van der Waals surface area contributed by atoms with E-state index in [2.05, 4.69) is 11.3 Å². The van der Waals surface area contributed by atoms with Gasteiger partial charge in [0.2, 0.25) is 0 Å². The second-order valence-corrected chi connectivity index (χ2v) is 3.47. The summed E-state index contributed by atoms with van der Waals surface area (Å²) in [4.78, 5) is 21.9. The molecule has 0 aromatic rings. The summed E-state index contributed by atoms with van der Waals surface area (Å²) in [5.74, 6) is -0.938. The summed E-state index contributed by atoms with van der Waals surface area (Å²) in [6.45, 7) is 6.39. The molecule has 1 N–H and O–H groups in total. The molecule has 0 aliphatic heterocycles. The van der Waals surface area contributed by atoms with Gasteiger partial charge in [-0.25, -0.2) is 4.79 Å². The van der Waals surface area contributed by atoms with Gasteiger partial charge in [-0.15, -0.1) is 0 Å². The van der Waals surface area contributed by atoms with Crippen LogP contribution in [0.3, 0.4) is 0 Å². The lowest BCUT2D eigenvalue weighted by atomic mass is 10.3. The first-order chi connectivity index (χ1) is 7.47. The Hall–Kier alpha value is -1.36. The molecule has 92 valence electrons. The fourth-order valence-corrected chi connectivity index (χ4v) is 0.809. The van der Waals surface area contributed by atoms with Crippen molar-refractivity contribution in [2.75, 3.05) is 13.2 Å². The standard InChI is InChI=1S/C11H18O5/c1-4-5-10(13)15-6-9(12)7-16-11(14)8(2)3/h9,12H,2,4-7H2,1,3H3. The molecular weight excluding hydrogens is 212 g/mol. The zero-order valence-electron chi connectivity index (χ0n) is 9.69. The third-order valence-electron chi connectivity index (χ3n) is 1.65. The van der Waals surface area contributed by atoms with Gasteiger partial charge >= 0.3 is 11.9 Å². The van der Waals surface area contributed by atoms with Gasteiger partial charge in [-0.05, 0) is 13.3 Å². The highest BCUT2D eigenvalue weighted by atomic mass is 16.6. The molecule has 0 spiro atoms. The lowest BCUT2D eigenvalue weighted by Crippen LogP contribution is -2.25. The van der Waals surface area contributed by atoms with E-state index in [1.165, 1.54) is 6.92 Å². The topological polar surface area (TPSA) is 72.8 Å². The Bertz CT molecular complexity index is 259. The first-order valence-electron chi connectivity index (χ1n) is 5.13. The van der Waals surface area contributed by atoms with Gasteiger partial charge < -0.3 is 14.6 Å². The van der Waals surface area contributed by atoms with Crippen molar-refractivity contribution in [3.63, 3.8) is 0 Å². The normalized spacial score (nSPS) is 11.7. The number of rotatable bonds is 7. The van der Waals surface area contributed by atoms with Crippen LogP contribution in [-0.4, -0.2) is 36.4 Å². The van der Waals surface area contributed by atoms with E-state index in [-0.39, 0.29) is 24.8 Å². The van der Waals surface area contributed by atoms with E-state index >= 15 is 0 Å². The Labute approximate surface area is 95.0 Å². The van der Waals surface area contributed by atoms with E-state index in [1.54, 1.807) is 0 Å². The van der Waals surface area contributed by atoms with Crippen molar-refractivity contribution >= 4 is 11.9 Å². The minimum atomic E-state index is -0.996. The first kappa shape index (κ1) is 14.6. The third-order valence-corrected chi connectivity index (χ3v) is 1.65. The number of aliphatic hydroxyl groups excluding tert-OH is 1. The fourth-order valence-electron chi connectivity index (χ4n) is 0.809. The maximum Gasteiger partial charge on any atom is 0.333 e. The van der Waals surface area contributed by atoms with E-state index in [4.69, 9.17) is 4.74 Å². The monoisotopic (exact) mass is 230 g/mol. The molecule has 0 fully saturated rings. The number of hydrogen-bond donors (Lipinski definition) is 1. The van der Waals surface area contributed by atoms with Crippen molar-refractivity contribution in [2.45, 2.75) is 32.8 Å². The van der Waals surface area contributed by atoms with Crippen molar-refractivity contribution < 1.29 is 24.2 Å². The molecular formula is C11H18O5. The van der Waals surface area contributed by atoms with Crippen LogP contribution in [0.2, 0.25) is 0 Å². The molecule has 0 amide bonds. The molecule has 5 nitrogen and oxygen atoms in total. The molecule has 1 atom stereocenters. The van der Waals surface area contributed by atoms with E-state index in [0.717, 1.165) is 0 Å². The van der Waals surface area contributed by atoms with E-state index in [9.17, 15) is 14.7 Å². The van der Waals surface area contributed by atoms with E-state index < -0.39 is 12.1 Å². The Balaban J connectivity index is 3.66. The Kier molecular flexibility index (Phi) is 7.20. The van der Waals surface area contributed by atoms with Gasteiger partial charge in [-0.1, -0.05) is 13.5 Å². The second kappa shape index (κ2) is 7.87. The maximum atomic E-state index is 10.9. The minimum Gasteiger partial charge on any atom is -0.463 e. The zero-order chi connectivity index (χ0) is 12.6. The van der Waals surface area contributed by atoms with Gasteiger partial charge in [-0.3, -0.25) is 4.79 Å². The molecule has 0 radical (unpaired) electrons. The summed E-state index contributed by atoms with van der Waals surface area (Å²) in [6.07, 6.45) is 0.0156. The van der Waals surface area contributed by atoms with E-state index in [1.807, 2.05) is 6.92 Å². The lowest BCUT2D eigenvalue weighted by molar-refractivity contribution is -0.150. The van der Waals surface area contributed by atoms with Crippen LogP contribution >= 0.6 is 0 Å². The van der Waals surface area contributed by atoms with Crippen LogP contribution < -0.4 is 0 Å². The molecule has 0 saturated heterocycles. The van der Waals surface area contributed by atoms with Crippen LogP contribution in [0.1, 0.15) is 26.7 Å². The van der Waals surface area contributed by atoms with E-state index in [0.29, 0.717) is 12.8 Å². The molecule has 0 rings (SSSR count). The largest absolute Gasteiger partial charge is 0.463 e. The number of carbonyl (C=O) groups excluding carboxylic acids is 2. The van der Waals surface area contributed by atoms with Crippen molar-refractivity contribution in [3.05, 3.63) is 12.2 Å². The molecule has 1 unspecified atom stereocenters. The molecule has 0 saturated carbocycles. The van der Waals surface area contributed by atoms with Crippen molar-refractivity contribution in [1.82, 2.24) is 0 Å². The lowest BCUT2D eigenvalue weighted by Gasteiger charge is -2.11. The Morgan fingerprint density at radius 1 is 1.31 bits per heavy atom. The SMILES string of the molecule is C=C(C)C(=O)OCC(O)COC(=O)CCC. The molecule has 0 bridgehead atoms. The van der Waals surface area contributed by atoms with Crippen LogP contribution in [0, 0.1) is 0 Å². The van der Waals surface area contributed by atoms with Crippen LogP contribution in [0.4, 0.5) is 0 Å². The quantitative estimate of drug-likeness (QED) is 0.517. The van der Waals surface area contributed by atoms with Crippen molar-refractivity contribution in [2.24, 2.45) is 0 Å². The number of esters is 2. The highest BCUT2D eigenvalue weighted by Gasteiger charge is 2.11. The summed E-state index contributed by atoms with van der Waals surface area (Å²) in [7, 11) is 0. The summed E-state index contributed by atoms with van der Waals surface area (Å²) >= 11 is 0. The molecule has 0 aliphatic rings. The molecule has 0 aliphatic carbocycles. The first-order valence-corrected chi connectivity index (χ1v) is 5.13. The third kappa shape index (κ3) is 7.00. The smallest absolute Gasteiger partial charge is 0.333 e. The fraction of sp³-hybridized carbons (Fsp3) is 0.636. The molecule has 5 heteroatoms. The summed E-state index contributed by atoms with van der Waals surface area (Å²) in [5.41, 5.74) is 0.259. The number of ether oxygens (including phenoxy) is 2. The molecule has 0 aromatic carbocycles. The average Bonchev–Trinajstić information content (AvgIpc) is 2.23. The van der Waals surface area contributed by atoms with Gasteiger partial charge in [-0.2, -0.15) is 0 Å². The van der Waals surface area contributed by atoms with Gasteiger partial charge in [0.1, 0.15) is 19.3 Å². The van der Waals surface area contributed by atoms with Gasteiger partial charge in [0.25, 0.3) is 0 Å². The summed E-state index contributed by atoms with van der Waals surface area (Å²) in [5, 5.41) is 9.31. The molecule has 0 aromatic heterocycles. The van der Waals surface area contributed by atoms with Crippen molar-refractivity contribution in [3.8, 4) is 0 Å². The highest BCUT2D eigenvalue weighted by molar-refractivity contribution is 5.86. The summed E-state index contributed by atoms with van der Waals surface area (Å²) in [6, 6.07) is 0. The van der Waals surface area contributed by atoms with Crippen molar-refractivity contribution in [1.29, 1.82) is 0 Å². The number of carbonyl (C=O) groups is 2. The molecule has 0 heterocycles. The van der Waals surface area contributed by atoms with Crippen LogP contribution in [0.5, 0.6) is 0 Å². The number of hydrogen-bond acceptors (Lipinski definition) is 5. The maximum absolute atomic E-state index is 10.9. The van der Waals surface area contributed by atoms with Crippen LogP contribution in [-0.2, 0) is 19.1 Å². The van der Waals surface area contributed by atoms with Crippen LogP contribution in [0.25, 0.3) is 0 Å². The predicted octanol–water partition coefficient (Wildman–Crippen LogP) is 0.810. The van der Waals surface area contributed by atoms with Crippen LogP contribution in [0.15, 0.2) is 12.2 Å². The summed E-state index contributed by atoms with van der Waals surface area (Å²) < 4.78 is 9.41. The Morgan fingerprint density at radius 2 is 1.88 bits per heavy atom. The zero-order valence-corrected chi connectivity index (χ0v) is 9.69. The van der Waals surface area contributed by atoms with Gasteiger partial charge in [0, 0.05) is 12.0 Å². The highest BCUT2D eigenvalue weighted by Crippen LogP contribution is 1.97. The second-order valence-electron chi connectivity index (χ2n) is 3.47. The average molecular weight is 230 g/mol. The predicted molar refractivity (Wildman–Crippen MR) is 57.6 cm³/mol. The van der Waals surface area contributed by atoms with Gasteiger partial charge in [0.05, 0.1) is 0 Å². The Morgan fingerprint density at radius 3 is 2.38 bits per heavy atom. The molecule has 16 heavy (non-hydrogen) atoms. The minimum absolute atomic E-state index is 0.164. The number of aliphatic hydroxyl groups is 1.